The molecule has 1 aliphatic carbocycles. The van der Waals surface area contributed by atoms with E-state index in [-0.39, 0.29) is 11.9 Å². The minimum absolute atomic E-state index is 0.177. The number of esters is 1. The number of rotatable bonds is 5. The molecule has 0 saturated heterocycles. The van der Waals surface area contributed by atoms with E-state index in [1.54, 1.807) is 4.68 Å². The monoisotopic (exact) mass is 279 g/mol. The van der Waals surface area contributed by atoms with Crippen LogP contribution >= 0.6 is 0 Å². The predicted octanol–water partition coefficient (Wildman–Crippen LogP) is 2.46. The molecule has 1 aromatic heterocycles. The van der Waals surface area contributed by atoms with Gasteiger partial charge in [-0.3, -0.25) is 9.48 Å². The summed E-state index contributed by atoms with van der Waals surface area (Å²) in [6.45, 7) is 4.29. The van der Waals surface area contributed by atoms with Crippen molar-refractivity contribution in [3.63, 3.8) is 0 Å². The fourth-order valence-corrected chi connectivity index (χ4v) is 3.10. The zero-order valence-electron chi connectivity index (χ0n) is 12.9. The van der Waals surface area contributed by atoms with Crippen molar-refractivity contribution in [1.82, 2.24) is 14.8 Å². The smallest absolute Gasteiger partial charge is 0.316 e. The normalized spacial score (nSPS) is 17.6. The van der Waals surface area contributed by atoms with E-state index in [2.05, 4.69) is 23.9 Å². The van der Waals surface area contributed by atoms with Crippen LogP contribution in [-0.4, -0.2) is 27.8 Å². The van der Waals surface area contributed by atoms with E-state index in [0.717, 1.165) is 30.9 Å². The summed E-state index contributed by atoms with van der Waals surface area (Å²) in [5.74, 6) is 2.00. The fraction of sp³-hybridized carbons (Fsp3) is 0.800. The van der Waals surface area contributed by atoms with Crippen molar-refractivity contribution in [2.45, 2.75) is 51.9 Å². The molecule has 1 aromatic rings. The van der Waals surface area contributed by atoms with Crippen molar-refractivity contribution in [2.75, 3.05) is 7.11 Å². The number of carbonyl (C=O) groups excluding carboxylic acids is 1. The molecule has 0 N–H and O–H groups in total. The van der Waals surface area contributed by atoms with Crippen LogP contribution in [0, 0.1) is 11.8 Å². The maximum Gasteiger partial charge on any atom is 0.316 e. The molecule has 0 radical (unpaired) electrons. The van der Waals surface area contributed by atoms with E-state index in [1.807, 2.05) is 7.05 Å². The van der Waals surface area contributed by atoms with Gasteiger partial charge in [-0.1, -0.05) is 26.7 Å². The first-order valence-electron chi connectivity index (χ1n) is 7.50. The maximum atomic E-state index is 12.2. The number of methoxy groups -OCH3 is 1. The van der Waals surface area contributed by atoms with E-state index in [4.69, 9.17) is 4.74 Å². The van der Waals surface area contributed by atoms with Crippen molar-refractivity contribution < 1.29 is 9.53 Å². The van der Waals surface area contributed by atoms with Crippen LogP contribution in [-0.2, 0) is 23.0 Å². The van der Waals surface area contributed by atoms with E-state index in [1.165, 1.54) is 20.0 Å². The number of carbonyl (C=O) groups is 1. The molecule has 20 heavy (non-hydrogen) atoms. The highest BCUT2D eigenvalue weighted by atomic mass is 16.5. The third-order valence-electron chi connectivity index (χ3n) is 4.04. The second-order valence-electron chi connectivity index (χ2n) is 6.15. The van der Waals surface area contributed by atoms with E-state index < -0.39 is 0 Å². The average molecular weight is 279 g/mol. The predicted molar refractivity (Wildman–Crippen MR) is 76.3 cm³/mol. The fourth-order valence-electron chi connectivity index (χ4n) is 3.10. The molecule has 1 aliphatic rings. The molecule has 5 nitrogen and oxygen atoms in total. The van der Waals surface area contributed by atoms with Gasteiger partial charge in [0.1, 0.15) is 11.7 Å². The Morgan fingerprint density at radius 1 is 1.40 bits per heavy atom. The molecule has 0 spiro atoms. The lowest BCUT2D eigenvalue weighted by Gasteiger charge is -2.19. The highest BCUT2D eigenvalue weighted by molar-refractivity contribution is 5.77. The Bertz CT molecular complexity index is 462. The number of aryl methyl sites for hydroxylation is 1. The minimum atomic E-state index is -0.263. The van der Waals surface area contributed by atoms with Crippen LogP contribution < -0.4 is 0 Å². The summed E-state index contributed by atoms with van der Waals surface area (Å²) in [7, 11) is 3.33. The summed E-state index contributed by atoms with van der Waals surface area (Å²) in [6, 6.07) is 0. The Kier molecular flexibility index (Phi) is 4.78. The number of ether oxygens (including phenoxy) is 1. The van der Waals surface area contributed by atoms with Crippen LogP contribution in [0.2, 0.25) is 0 Å². The van der Waals surface area contributed by atoms with Crippen molar-refractivity contribution in [3.8, 4) is 0 Å². The SMILES string of the molecule is COC(=O)C(c1nc(CC(C)C)nn1C)C1CCCC1. The molecule has 1 heterocycles. The molecule has 0 aromatic carbocycles. The van der Waals surface area contributed by atoms with Crippen molar-refractivity contribution in [2.24, 2.45) is 18.9 Å². The van der Waals surface area contributed by atoms with Crippen LogP contribution in [0.25, 0.3) is 0 Å². The first-order valence-corrected chi connectivity index (χ1v) is 7.50. The lowest BCUT2D eigenvalue weighted by molar-refractivity contribution is -0.144. The molecular weight excluding hydrogens is 254 g/mol. The molecule has 0 bridgehead atoms. The molecule has 5 heteroatoms. The van der Waals surface area contributed by atoms with Crippen molar-refractivity contribution >= 4 is 5.97 Å². The van der Waals surface area contributed by atoms with Gasteiger partial charge < -0.3 is 4.74 Å². The molecule has 1 saturated carbocycles. The summed E-state index contributed by atoms with van der Waals surface area (Å²) >= 11 is 0. The highest BCUT2D eigenvalue weighted by Gasteiger charge is 2.36. The van der Waals surface area contributed by atoms with Gasteiger partial charge >= 0.3 is 5.97 Å². The van der Waals surface area contributed by atoms with E-state index in [9.17, 15) is 4.79 Å². The number of aromatic nitrogens is 3. The maximum absolute atomic E-state index is 12.2. The number of hydrogen-bond acceptors (Lipinski definition) is 4. The Labute approximate surface area is 120 Å². The van der Waals surface area contributed by atoms with E-state index in [0.29, 0.717) is 11.8 Å². The van der Waals surface area contributed by atoms with Gasteiger partial charge in [-0.15, -0.1) is 0 Å². The van der Waals surface area contributed by atoms with Gasteiger partial charge in [-0.25, -0.2) is 4.98 Å². The lowest BCUT2D eigenvalue weighted by Crippen LogP contribution is -2.24. The van der Waals surface area contributed by atoms with Crippen LogP contribution in [0.4, 0.5) is 0 Å². The van der Waals surface area contributed by atoms with Crippen LogP contribution in [0.1, 0.15) is 57.1 Å². The Balaban J connectivity index is 2.28. The number of hydrogen-bond donors (Lipinski definition) is 0. The van der Waals surface area contributed by atoms with E-state index >= 15 is 0 Å². The van der Waals surface area contributed by atoms with Gasteiger partial charge in [0.05, 0.1) is 7.11 Å². The van der Waals surface area contributed by atoms with Crippen molar-refractivity contribution in [3.05, 3.63) is 11.6 Å². The molecule has 1 unspecified atom stereocenters. The summed E-state index contributed by atoms with van der Waals surface area (Å²) in [5, 5.41) is 4.46. The highest BCUT2D eigenvalue weighted by Crippen LogP contribution is 2.37. The van der Waals surface area contributed by atoms with Crippen LogP contribution in [0.5, 0.6) is 0 Å². The molecule has 0 aliphatic heterocycles. The third kappa shape index (κ3) is 3.19. The topological polar surface area (TPSA) is 57.0 Å². The van der Waals surface area contributed by atoms with Gasteiger partial charge in [0.2, 0.25) is 0 Å². The van der Waals surface area contributed by atoms with Gasteiger partial charge in [-0.05, 0) is 24.7 Å². The van der Waals surface area contributed by atoms with Crippen LogP contribution in [0.15, 0.2) is 0 Å². The zero-order valence-corrected chi connectivity index (χ0v) is 12.9. The summed E-state index contributed by atoms with van der Waals surface area (Å²) in [4.78, 5) is 16.8. The standard InChI is InChI=1S/C15H25N3O2/c1-10(2)9-12-16-14(18(3)17-12)13(15(19)20-4)11-7-5-6-8-11/h10-11,13H,5-9H2,1-4H3. The molecule has 0 amide bonds. The number of nitrogens with zero attached hydrogens (tertiary/aromatic N) is 3. The summed E-state index contributed by atoms with van der Waals surface area (Å²) in [5.41, 5.74) is 0. The quantitative estimate of drug-likeness (QED) is 0.777. The molecular formula is C15H25N3O2. The second kappa shape index (κ2) is 6.37. The molecule has 112 valence electrons. The Hall–Kier alpha value is -1.39. The first kappa shape index (κ1) is 15.0. The van der Waals surface area contributed by atoms with Gasteiger partial charge in [0.25, 0.3) is 0 Å². The largest absolute Gasteiger partial charge is 0.468 e. The van der Waals surface area contributed by atoms with Gasteiger partial charge in [0, 0.05) is 13.5 Å². The van der Waals surface area contributed by atoms with Crippen LogP contribution in [0.3, 0.4) is 0 Å². The van der Waals surface area contributed by atoms with Gasteiger partial charge in [-0.2, -0.15) is 5.10 Å². The molecule has 2 rings (SSSR count). The third-order valence-corrected chi connectivity index (χ3v) is 4.04. The lowest BCUT2D eigenvalue weighted by atomic mass is 9.90. The average Bonchev–Trinajstić information content (AvgIpc) is 3.00. The summed E-state index contributed by atoms with van der Waals surface area (Å²) < 4.78 is 6.77. The zero-order chi connectivity index (χ0) is 14.7. The first-order chi connectivity index (χ1) is 9.52. The summed E-state index contributed by atoms with van der Waals surface area (Å²) in [6.07, 6.45) is 5.37. The van der Waals surface area contributed by atoms with Crippen molar-refractivity contribution in [1.29, 1.82) is 0 Å². The minimum Gasteiger partial charge on any atom is -0.468 e. The second-order valence-corrected chi connectivity index (χ2v) is 6.15. The molecule has 1 atom stereocenters. The Morgan fingerprint density at radius 3 is 2.60 bits per heavy atom. The van der Waals surface area contributed by atoms with Gasteiger partial charge in [0.15, 0.2) is 5.82 Å². The molecule has 1 fully saturated rings. The Morgan fingerprint density at radius 2 is 2.05 bits per heavy atom.